The summed E-state index contributed by atoms with van der Waals surface area (Å²) in [6.07, 6.45) is -0.166. The molecule has 0 aliphatic heterocycles. The summed E-state index contributed by atoms with van der Waals surface area (Å²) in [6, 6.07) is 7.07. The maximum absolute atomic E-state index is 11.9. The number of nitrogen functional groups attached to an aromatic ring is 1. The van der Waals surface area contributed by atoms with E-state index in [1.54, 1.807) is 24.3 Å². The third kappa shape index (κ3) is 2.28. The number of para-hydroxylation sites is 1. The van der Waals surface area contributed by atoms with Crippen LogP contribution in [-0.2, 0) is 4.79 Å². The van der Waals surface area contributed by atoms with Gasteiger partial charge in [-0.15, -0.1) is 0 Å². The molecule has 1 aromatic heterocycles. The van der Waals surface area contributed by atoms with E-state index in [-0.39, 0.29) is 29.6 Å². The van der Waals surface area contributed by atoms with Gasteiger partial charge in [0.2, 0.25) is 5.95 Å². The second kappa shape index (κ2) is 4.29. The van der Waals surface area contributed by atoms with Crippen molar-refractivity contribution in [2.75, 3.05) is 5.73 Å². The van der Waals surface area contributed by atoms with Crippen molar-refractivity contribution in [3.8, 4) is 0 Å². The summed E-state index contributed by atoms with van der Waals surface area (Å²) in [4.78, 5) is 30.8. The summed E-state index contributed by atoms with van der Waals surface area (Å²) in [6.45, 7) is 1.37. The molecule has 1 aromatic carbocycles. The van der Waals surface area contributed by atoms with E-state index in [9.17, 15) is 9.59 Å². The van der Waals surface area contributed by atoms with Gasteiger partial charge < -0.3 is 5.73 Å². The highest BCUT2D eigenvalue weighted by atomic mass is 16.1. The van der Waals surface area contributed by atoms with Crippen LogP contribution < -0.4 is 5.73 Å². The summed E-state index contributed by atoms with van der Waals surface area (Å²) in [5.41, 5.74) is 6.35. The molecular weight excluding hydrogens is 218 g/mol. The molecule has 86 valence electrons. The molecule has 5 heteroatoms. The molecule has 0 aliphatic carbocycles. The number of benzene rings is 1. The fraction of sp³-hybridized carbons (Fsp3) is 0.167. The lowest BCUT2D eigenvalue weighted by molar-refractivity contribution is -0.116. The van der Waals surface area contributed by atoms with Crippen LogP contribution in [0, 0.1) is 0 Å². The molecule has 5 nitrogen and oxygen atoms in total. The Balaban J connectivity index is 2.59. The normalized spacial score (nSPS) is 10.4. The van der Waals surface area contributed by atoms with E-state index >= 15 is 0 Å². The van der Waals surface area contributed by atoms with Gasteiger partial charge in [-0.2, -0.15) is 0 Å². The molecule has 0 amide bonds. The lowest BCUT2D eigenvalue weighted by atomic mass is 10.1. The van der Waals surface area contributed by atoms with Gasteiger partial charge in [0.15, 0.2) is 5.78 Å². The van der Waals surface area contributed by atoms with Crippen molar-refractivity contribution in [2.45, 2.75) is 13.3 Å². The van der Waals surface area contributed by atoms with Crippen LogP contribution in [0.3, 0.4) is 0 Å². The number of rotatable bonds is 3. The maximum Gasteiger partial charge on any atom is 0.221 e. The maximum atomic E-state index is 11.9. The van der Waals surface area contributed by atoms with Gasteiger partial charge in [0.05, 0.1) is 11.9 Å². The smallest absolute Gasteiger partial charge is 0.221 e. The average Bonchev–Trinajstić information content (AvgIpc) is 2.26. The molecule has 1 heterocycles. The third-order valence-corrected chi connectivity index (χ3v) is 2.29. The molecule has 0 bridgehead atoms. The first-order chi connectivity index (χ1) is 8.08. The van der Waals surface area contributed by atoms with Crippen molar-refractivity contribution >= 4 is 28.4 Å². The Labute approximate surface area is 97.7 Å². The van der Waals surface area contributed by atoms with Gasteiger partial charge in [-0.25, -0.2) is 9.97 Å². The number of ketones is 2. The molecule has 17 heavy (non-hydrogen) atoms. The minimum atomic E-state index is -0.331. The Morgan fingerprint density at radius 1 is 1.24 bits per heavy atom. The second-order valence-corrected chi connectivity index (χ2v) is 3.75. The van der Waals surface area contributed by atoms with Gasteiger partial charge in [-0.1, -0.05) is 18.2 Å². The molecule has 2 aromatic rings. The van der Waals surface area contributed by atoms with Crippen molar-refractivity contribution in [3.05, 3.63) is 30.0 Å². The van der Waals surface area contributed by atoms with E-state index in [1.807, 2.05) is 0 Å². The van der Waals surface area contributed by atoms with Crippen molar-refractivity contribution < 1.29 is 9.59 Å². The Kier molecular flexibility index (Phi) is 2.82. The Morgan fingerprint density at radius 2 is 1.94 bits per heavy atom. The minimum Gasteiger partial charge on any atom is -0.368 e. The van der Waals surface area contributed by atoms with Crippen LogP contribution in [-0.4, -0.2) is 21.5 Å². The highest BCUT2D eigenvalue weighted by Crippen LogP contribution is 2.17. The number of nitrogens with zero attached hydrogens (tertiary/aromatic N) is 2. The van der Waals surface area contributed by atoms with Gasteiger partial charge in [-0.05, 0) is 13.0 Å². The molecule has 0 saturated carbocycles. The predicted molar refractivity (Wildman–Crippen MR) is 63.6 cm³/mol. The summed E-state index contributed by atoms with van der Waals surface area (Å²) in [7, 11) is 0. The fourth-order valence-electron chi connectivity index (χ4n) is 1.62. The second-order valence-electron chi connectivity index (χ2n) is 3.75. The van der Waals surface area contributed by atoms with Crippen LogP contribution in [0.1, 0.15) is 23.8 Å². The number of anilines is 1. The molecule has 0 atom stereocenters. The quantitative estimate of drug-likeness (QED) is 0.634. The first kappa shape index (κ1) is 11.2. The summed E-state index contributed by atoms with van der Waals surface area (Å²) in [5.74, 6) is -0.491. The van der Waals surface area contributed by atoms with E-state index in [2.05, 4.69) is 9.97 Å². The number of hydrogen-bond donors (Lipinski definition) is 1. The summed E-state index contributed by atoms with van der Waals surface area (Å²) < 4.78 is 0. The van der Waals surface area contributed by atoms with Crippen LogP contribution in [0.2, 0.25) is 0 Å². The number of hydrogen-bond acceptors (Lipinski definition) is 5. The molecule has 0 aliphatic rings. The number of aromatic nitrogens is 2. The van der Waals surface area contributed by atoms with Crippen molar-refractivity contribution in [2.24, 2.45) is 0 Å². The first-order valence-electron chi connectivity index (χ1n) is 5.13. The zero-order chi connectivity index (χ0) is 12.4. The van der Waals surface area contributed by atoms with Crippen LogP contribution in [0.15, 0.2) is 24.3 Å². The monoisotopic (exact) mass is 229 g/mol. The molecular formula is C12H11N3O2. The predicted octanol–water partition coefficient (Wildman–Crippen LogP) is 1.37. The van der Waals surface area contributed by atoms with Crippen molar-refractivity contribution in [3.63, 3.8) is 0 Å². The average molecular weight is 229 g/mol. The zero-order valence-corrected chi connectivity index (χ0v) is 9.30. The number of carbonyl (C=O) groups excluding carboxylic acids is 2. The topological polar surface area (TPSA) is 85.9 Å². The zero-order valence-electron chi connectivity index (χ0n) is 9.30. The van der Waals surface area contributed by atoms with Crippen LogP contribution in [0.4, 0.5) is 5.95 Å². The highest BCUT2D eigenvalue weighted by Gasteiger charge is 2.15. The van der Waals surface area contributed by atoms with E-state index in [1.165, 1.54) is 6.92 Å². The third-order valence-electron chi connectivity index (χ3n) is 2.29. The van der Waals surface area contributed by atoms with Crippen molar-refractivity contribution in [1.82, 2.24) is 9.97 Å². The minimum absolute atomic E-state index is 0.0376. The lowest BCUT2D eigenvalue weighted by Gasteiger charge is -2.04. The Bertz CT molecular complexity index is 608. The Morgan fingerprint density at radius 3 is 2.65 bits per heavy atom. The fourth-order valence-corrected chi connectivity index (χ4v) is 1.62. The van der Waals surface area contributed by atoms with Crippen molar-refractivity contribution in [1.29, 1.82) is 0 Å². The standard InChI is InChI=1S/C12H11N3O2/c1-7(16)6-10(17)11-8-4-2-3-5-9(8)14-12(13)15-11/h2-5H,6H2,1H3,(H2,13,14,15). The lowest BCUT2D eigenvalue weighted by Crippen LogP contribution is -2.10. The number of carbonyl (C=O) groups is 2. The molecule has 0 saturated heterocycles. The van der Waals surface area contributed by atoms with Crippen LogP contribution in [0.5, 0.6) is 0 Å². The van der Waals surface area contributed by atoms with E-state index in [0.29, 0.717) is 10.9 Å². The molecule has 0 fully saturated rings. The number of fused-ring (bicyclic) bond motifs is 1. The van der Waals surface area contributed by atoms with Gasteiger partial charge in [0.1, 0.15) is 11.5 Å². The van der Waals surface area contributed by atoms with Gasteiger partial charge in [0.25, 0.3) is 0 Å². The van der Waals surface area contributed by atoms with Gasteiger partial charge in [0, 0.05) is 5.39 Å². The molecule has 2 rings (SSSR count). The van der Waals surface area contributed by atoms with E-state index < -0.39 is 0 Å². The van der Waals surface area contributed by atoms with Crippen LogP contribution >= 0.6 is 0 Å². The summed E-state index contributed by atoms with van der Waals surface area (Å²) >= 11 is 0. The number of Topliss-reactive ketones (excluding diaryl/α,β-unsaturated/α-hetero) is 2. The highest BCUT2D eigenvalue weighted by molar-refractivity contribution is 6.12. The largest absolute Gasteiger partial charge is 0.368 e. The van der Waals surface area contributed by atoms with E-state index in [0.717, 1.165) is 0 Å². The molecule has 0 unspecified atom stereocenters. The number of nitrogens with two attached hydrogens (primary N) is 1. The first-order valence-corrected chi connectivity index (χ1v) is 5.13. The van der Waals surface area contributed by atoms with Crippen LogP contribution in [0.25, 0.3) is 10.9 Å². The molecule has 0 spiro atoms. The van der Waals surface area contributed by atoms with E-state index in [4.69, 9.17) is 5.73 Å². The Hall–Kier alpha value is -2.30. The van der Waals surface area contributed by atoms with Gasteiger partial charge in [-0.3, -0.25) is 9.59 Å². The SMILES string of the molecule is CC(=O)CC(=O)c1nc(N)nc2ccccc12. The molecule has 0 radical (unpaired) electrons. The summed E-state index contributed by atoms with van der Waals surface area (Å²) in [5, 5.41) is 0.618. The van der Waals surface area contributed by atoms with Gasteiger partial charge >= 0.3 is 0 Å². The molecule has 2 N–H and O–H groups in total.